The molecule has 2 saturated carbocycles. The lowest BCUT2D eigenvalue weighted by Crippen LogP contribution is -2.56. The molecule has 2 N–H and O–H groups in total. The fraction of sp³-hybridized carbons (Fsp3) is 0.526. The molecule has 1 heterocycles. The van der Waals surface area contributed by atoms with E-state index in [1.54, 1.807) is 0 Å². The normalized spacial score (nSPS) is 31.7. The number of hydrogen-bond donors (Lipinski definition) is 2. The van der Waals surface area contributed by atoms with Crippen LogP contribution in [0.3, 0.4) is 0 Å². The lowest BCUT2D eigenvalue weighted by atomic mass is 9.65. The Hall–Kier alpha value is -1.61. The van der Waals surface area contributed by atoms with Crippen LogP contribution in [-0.2, 0) is 0 Å². The third-order valence-corrected chi connectivity index (χ3v) is 5.67. The van der Waals surface area contributed by atoms with Gasteiger partial charge in [0.15, 0.2) is 0 Å². The van der Waals surface area contributed by atoms with Crippen molar-refractivity contribution in [3.63, 3.8) is 0 Å². The van der Waals surface area contributed by atoms with E-state index >= 15 is 0 Å². The topological polar surface area (TPSA) is 45.1 Å². The van der Waals surface area contributed by atoms with Gasteiger partial charge in [-0.3, -0.25) is 4.98 Å². The highest BCUT2D eigenvalue weighted by Gasteiger charge is 2.47. The van der Waals surface area contributed by atoms with Crippen LogP contribution in [0.15, 0.2) is 36.5 Å². The molecule has 22 heavy (non-hydrogen) atoms. The van der Waals surface area contributed by atoms with Gasteiger partial charge in [-0.2, -0.15) is 0 Å². The lowest BCUT2D eigenvalue weighted by Gasteiger charge is -2.49. The van der Waals surface area contributed by atoms with Crippen molar-refractivity contribution in [2.45, 2.75) is 56.6 Å². The molecule has 0 radical (unpaired) electrons. The summed E-state index contributed by atoms with van der Waals surface area (Å²) in [6, 6.07) is 10.5. The van der Waals surface area contributed by atoms with Crippen molar-refractivity contribution in [2.24, 2.45) is 5.92 Å². The summed E-state index contributed by atoms with van der Waals surface area (Å²) in [5.74, 6) is 0.473. The average Bonchev–Trinajstić information content (AvgIpc) is 2.55. The first-order valence-corrected chi connectivity index (χ1v) is 8.59. The quantitative estimate of drug-likeness (QED) is 0.876. The number of nitrogens with zero attached hydrogens (tertiary/aromatic N) is 1. The molecular weight excluding hydrogens is 272 g/mol. The molecule has 4 rings (SSSR count). The second kappa shape index (κ2) is 5.54. The molecule has 2 aliphatic carbocycles. The zero-order chi connectivity index (χ0) is 15.0. The Labute approximate surface area is 131 Å². The van der Waals surface area contributed by atoms with Crippen molar-refractivity contribution < 1.29 is 5.11 Å². The Kier molecular flexibility index (Phi) is 3.53. The predicted octanol–water partition coefficient (Wildman–Crippen LogP) is 4.12. The van der Waals surface area contributed by atoms with Crippen LogP contribution in [0.2, 0.25) is 0 Å². The van der Waals surface area contributed by atoms with Crippen molar-refractivity contribution in [2.75, 3.05) is 5.32 Å². The van der Waals surface area contributed by atoms with E-state index in [9.17, 15) is 5.11 Å². The van der Waals surface area contributed by atoms with Gasteiger partial charge >= 0.3 is 0 Å². The summed E-state index contributed by atoms with van der Waals surface area (Å²) >= 11 is 0. The molecule has 0 amide bonds. The highest BCUT2D eigenvalue weighted by atomic mass is 16.3. The van der Waals surface area contributed by atoms with Gasteiger partial charge in [0.05, 0.1) is 29.0 Å². The smallest absolute Gasteiger partial charge is 0.0875 e. The molecule has 3 nitrogen and oxygen atoms in total. The van der Waals surface area contributed by atoms with Gasteiger partial charge in [0.2, 0.25) is 0 Å². The van der Waals surface area contributed by atoms with Gasteiger partial charge in [-0.25, -0.2) is 0 Å². The van der Waals surface area contributed by atoms with E-state index in [1.165, 1.54) is 25.7 Å². The molecule has 0 bridgehead atoms. The minimum Gasteiger partial charge on any atom is -0.387 e. The van der Waals surface area contributed by atoms with Gasteiger partial charge < -0.3 is 10.4 Å². The highest BCUT2D eigenvalue weighted by Crippen LogP contribution is 2.44. The summed E-state index contributed by atoms with van der Waals surface area (Å²) in [6.45, 7) is 0. The first kappa shape index (κ1) is 14.0. The van der Waals surface area contributed by atoms with Crippen LogP contribution in [0.1, 0.15) is 44.9 Å². The number of benzene rings is 1. The third kappa shape index (κ3) is 2.38. The molecular formula is C19H24N2O. The molecule has 0 spiro atoms. The van der Waals surface area contributed by atoms with E-state index in [0.29, 0.717) is 5.92 Å². The summed E-state index contributed by atoms with van der Waals surface area (Å²) in [5, 5.41) is 16.0. The van der Waals surface area contributed by atoms with Crippen LogP contribution < -0.4 is 5.32 Å². The molecule has 1 aromatic heterocycles. The first-order valence-electron chi connectivity index (χ1n) is 8.59. The van der Waals surface area contributed by atoms with Crippen LogP contribution in [0, 0.1) is 5.92 Å². The summed E-state index contributed by atoms with van der Waals surface area (Å²) < 4.78 is 0. The van der Waals surface area contributed by atoms with Crippen LogP contribution in [0.4, 0.5) is 5.69 Å². The lowest BCUT2D eigenvalue weighted by molar-refractivity contribution is -0.0835. The van der Waals surface area contributed by atoms with Gasteiger partial charge in [0, 0.05) is 5.39 Å². The predicted molar refractivity (Wildman–Crippen MR) is 89.9 cm³/mol. The molecule has 3 heteroatoms. The number of para-hydroxylation sites is 1. The number of aromatic nitrogens is 1. The maximum atomic E-state index is 11.2. The van der Waals surface area contributed by atoms with Crippen LogP contribution in [-0.4, -0.2) is 21.7 Å². The minimum absolute atomic E-state index is 0.162. The van der Waals surface area contributed by atoms with Crippen LogP contribution in [0.25, 0.3) is 10.9 Å². The second-order valence-electron chi connectivity index (χ2n) is 6.98. The largest absolute Gasteiger partial charge is 0.387 e. The molecule has 2 aromatic rings. The fourth-order valence-electron chi connectivity index (χ4n) is 4.47. The van der Waals surface area contributed by atoms with Gasteiger partial charge in [0.25, 0.3) is 0 Å². The van der Waals surface area contributed by atoms with E-state index in [1.807, 2.05) is 24.4 Å². The number of pyridine rings is 1. The van der Waals surface area contributed by atoms with E-state index < -0.39 is 5.60 Å². The van der Waals surface area contributed by atoms with E-state index in [0.717, 1.165) is 35.9 Å². The first-order chi connectivity index (χ1) is 10.8. The van der Waals surface area contributed by atoms with Crippen LogP contribution in [0.5, 0.6) is 0 Å². The molecule has 0 saturated heterocycles. The molecule has 0 aliphatic heterocycles. The number of rotatable bonds is 2. The number of fused-ring (bicyclic) bond motifs is 2. The van der Waals surface area contributed by atoms with Gasteiger partial charge in [-0.1, -0.05) is 37.5 Å². The van der Waals surface area contributed by atoms with Crippen molar-refractivity contribution in [3.8, 4) is 0 Å². The minimum atomic E-state index is -0.526. The molecule has 2 aliphatic rings. The maximum absolute atomic E-state index is 11.2. The highest BCUT2D eigenvalue weighted by molar-refractivity contribution is 5.81. The van der Waals surface area contributed by atoms with Gasteiger partial charge in [-0.15, -0.1) is 0 Å². The Morgan fingerprint density at radius 3 is 2.91 bits per heavy atom. The summed E-state index contributed by atoms with van der Waals surface area (Å²) in [6.07, 6.45) is 9.91. The number of anilines is 1. The second-order valence-corrected chi connectivity index (χ2v) is 6.98. The zero-order valence-electron chi connectivity index (χ0n) is 13.0. The Bertz CT molecular complexity index is 669. The summed E-state index contributed by atoms with van der Waals surface area (Å²) in [4.78, 5) is 4.53. The zero-order valence-corrected chi connectivity index (χ0v) is 13.0. The van der Waals surface area contributed by atoms with Gasteiger partial charge in [-0.05, 0) is 43.7 Å². The molecule has 2 fully saturated rings. The summed E-state index contributed by atoms with van der Waals surface area (Å²) in [5.41, 5.74) is 1.52. The molecule has 116 valence electrons. The Morgan fingerprint density at radius 1 is 1.09 bits per heavy atom. The maximum Gasteiger partial charge on any atom is 0.0875 e. The third-order valence-electron chi connectivity index (χ3n) is 5.67. The monoisotopic (exact) mass is 296 g/mol. The molecule has 2 unspecified atom stereocenters. The number of aliphatic hydroxyl groups is 1. The van der Waals surface area contributed by atoms with Crippen molar-refractivity contribution in [3.05, 3.63) is 36.5 Å². The summed E-state index contributed by atoms with van der Waals surface area (Å²) in [7, 11) is 0. The fourth-order valence-corrected chi connectivity index (χ4v) is 4.47. The Balaban J connectivity index is 1.60. The average molecular weight is 296 g/mol. The van der Waals surface area contributed by atoms with Crippen molar-refractivity contribution in [1.82, 2.24) is 4.98 Å². The van der Waals surface area contributed by atoms with E-state index in [4.69, 9.17) is 0 Å². The number of hydrogen-bond acceptors (Lipinski definition) is 3. The molecule has 3 atom stereocenters. The Morgan fingerprint density at radius 2 is 1.95 bits per heavy atom. The van der Waals surface area contributed by atoms with Crippen molar-refractivity contribution in [1.29, 1.82) is 0 Å². The van der Waals surface area contributed by atoms with Crippen molar-refractivity contribution >= 4 is 16.6 Å². The van der Waals surface area contributed by atoms with Crippen LogP contribution >= 0.6 is 0 Å². The number of nitrogens with one attached hydrogen (secondary N) is 1. The molecule has 1 aromatic carbocycles. The van der Waals surface area contributed by atoms with Gasteiger partial charge in [0.1, 0.15) is 0 Å². The standard InChI is InChI=1S/C19H24N2O/c22-19-11-4-3-7-15(19)8-5-10-18(19)21-16-12-14-6-1-2-9-17(14)20-13-16/h1-2,6,9,12-13,15,18,21-22H,3-5,7-8,10-11H2/t15-,18?,19?/m1/s1. The van der Waals surface area contributed by atoms with E-state index in [2.05, 4.69) is 22.4 Å². The van der Waals surface area contributed by atoms with E-state index in [-0.39, 0.29) is 6.04 Å². The SMILES string of the molecule is OC12CCCC[C@@H]1CCCC2Nc1cnc2ccccc2c1.